The molecule has 3 heteroatoms. The van der Waals surface area contributed by atoms with E-state index in [9.17, 15) is 9.59 Å². The van der Waals surface area contributed by atoms with Crippen LogP contribution in [0.2, 0.25) is 0 Å². The van der Waals surface area contributed by atoms with Gasteiger partial charge in [-0.15, -0.1) is 0 Å². The summed E-state index contributed by atoms with van der Waals surface area (Å²) in [6.45, 7) is 1.91. The molecule has 0 aliphatic heterocycles. The van der Waals surface area contributed by atoms with Gasteiger partial charge >= 0.3 is 5.97 Å². The fourth-order valence-corrected chi connectivity index (χ4v) is 1.69. The lowest BCUT2D eigenvalue weighted by Crippen LogP contribution is -2.00. The maximum Gasteiger partial charge on any atom is 0.302 e. The normalized spacial score (nSPS) is 18.5. The van der Waals surface area contributed by atoms with Gasteiger partial charge < -0.3 is 4.74 Å². The first kappa shape index (κ1) is 12.0. The molecule has 0 N–H and O–H groups in total. The van der Waals surface area contributed by atoms with Crippen molar-refractivity contribution in [2.45, 2.75) is 45.4 Å². The monoisotopic (exact) mass is 210 g/mol. The number of ether oxygens (including phenoxy) is 1. The first-order valence-corrected chi connectivity index (χ1v) is 5.56. The highest BCUT2D eigenvalue weighted by atomic mass is 16.5. The van der Waals surface area contributed by atoms with Crippen molar-refractivity contribution in [3.8, 4) is 0 Å². The van der Waals surface area contributed by atoms with Crippen LogP contribution in [0.4, 0.5) is 0 Å². The van der Waals surface area contributed by atoms with E-state index in [0.29, 0.717) is 12.4 Å². The molecule has 0 radical (unpaired) electrons. The molecule has 3 nitrogen and oxygen atoms in total. The first-order chi connectivity index (χ1) is 7.20. The van der Waals surface area contributed by atoms with E-state index < -0.39 is 0 Å². The molecular formula is C12H18O3. The number of Topliss-reactive ketones (excluding diaryl/α,β-unsaturated/α-hetero) is 1. The Morgan fingerprint density at radius 1 is 1.40 bits per heavy atom. The van der Waals surface area contributed by atoms with E-state index in [4.69, 9.17) is 4.74 Å². The lowest BCUT2D eigenvalue weighted by Gasteiger charge is -2.00. The smallest absolute Gasteiger partial charge is 0.302 e. The van der Waals surface area contributed by atoms with Gasteiger partial charge in [-0.1, -0.05) is 6.08 Å². The Morgan fingerprint density at radius 3 is 2.80 bits per heavy atom. The van der Waals surface area contributed by atoms with Crippen molar-refractivity contribution in [3.05, 3.63) is 11.6 Å². The van der Waals surface area contributed by atoms with Gasteiger partial charge in [0.2, 0.25) is 0 Å². The summed E-state index contributed by atoms with van der Waals surface area (Å²) in [5.41, 5.74) is 1.00. The fraction of sp³-hybridized carbons (Fsp3) is 0.667. The molecule has 0 heterocycles. The van der Waals surface area contributed by atoms with Crippen molar-refractivity contribution in [3.63, 3.8) is 0 Å². The molecule has 0 bridgehead atoms. The van der Waals surface area contributed by atoms with E-state index in [2.05, 4.69) is 0 Å². The number of hydrogen-bond donors (Lipinski definition) is 0. The van der Waals surface area contributed by atoms with Crippen LogP contribution in [0.3, 0.4) is 0 Å². The molecule has 0 saturated heterocycles. The maximum absolute atomic E-state index is 11.2. The number of ketones is 1. The minimum Gasteiger partial charge on any atom is -0.466 e. The van der Waals surface area contributed by atoms with E-state index >= 15 is 0 Å². The van der Waals surface area contributed by atoms with E-state index in [1.807, 2.05) is 6.08 Å². The van der Waals surface area contributed by atoms with Crippen LogP contribution in [0.1, 0.15) is 45.4 Å². The standard InChI is InChI=1S/C12H18O3/c1-10(13)15-9-4-2-3-6-11-7-5-8-12(11)14/h6H,2-5,7-9H2,1H3/b11-6-. The Balaban J connectivity index is 2.05. The van der Waals surface area contributed by atoms with E-state index in [1.165, 1.54) is 6.92 Å². The number of carbonyl (C=O) groups is 2. The number of rotatable bonds is 5. The van der Waals surface area contributed by atoms with Gasteiger partial charge in [-0.05, 0) is 37.7 Å². The van der Waals surface area contributed by atoms with E-state index in [-0.39, 0.29) is 5.97 Å². The molecule has 1 fully saturated rings. The Bertz CT molecular complexity index is 266. The van der Waals surface area contributed by atoms with Crippen LogP contribution in [0.5, 0.6) is 0 Å². The summed E-state index contributed by atoms with van der Waals surface area (Å²) >= 11 is 0. The lowest BCUT2D eigenvalue weighted by atomic mass is 10.1. The largest absolute Gasteiger partial charge is 0.466 e. The van der Waals surface area contributed by atoms with Gasteiger partial charge in [-0.25, -0.2) is 0 Å². The minimum atomic E-state index is -0.223. The predicted molar refractivity (Wildman–Crippen MR) is 57.4 cm³/mol. The van der Waals surface area contributed by atoms with Crippen LogP contribution >= 0.6 is 0 Å². The molecular weight excluding hydrogens is 192 g/mol. The number of esters is 1. The van der Waals surface area contributed by atoms with Gasteiger partial charge in [-0.3, -0.25) is 9.59 Å². The summed E-state index contributed by atoms with van der Waals surface area (Å²) in [6, 6.07) is 0. The second kappa shape index (κ2) is 6.38. The van der Waals surface area contributed by atoms with Crippen LogP contribution in [0.25, 0.3) is 0 Å². The van der Waals surface area contributed by atoms with E-state index in [0.717, 1.165) is 44.1 Å². The topological polar surface area (TPSA) is 43.4 Å². The third-order valence-corrected chi connectivity index (χ3v) is 2.50. The molecule has 1 saturated carbocycles. The lowest BCUT2D eigenvalue weighted by molar-refractivity contribution is -0.141. The van der Waals surface area contributed by atoms with Gasteiger partial charge in [-0.2, -0.15) is 0 Å². The summed E-state index contributed by atoms with van der Waals surface area (Å²) < 4.78 is 4.81. The van der Waals surface area contributed by atoms with Gasteiger partial charge in [0.25, 0.3) is 0 Å². The maximum atomic E-state index is 11.2. The fourth-order valence-electron chi connectivity index (χ4n) is 1.69. The van der Waals surface area contributed by atoms with Crippen molar-refractivity contribution in [2.24, 2.45) is 0 Å². The van der Waals surface area contributed by atoms with Gasteiger partial charge in [0.15, 0.2) is 5.78 Å². The second-order valence-electron chi connectivity index (χ2n) is 3.84. The zero-order valence-electron chi connectivity index (χ0n) is 9.25. The SMILES string of the molecule is CC(=O)OCCCC/C=C1/CCCC1=O. The van der Waals surface area contributed by atoms with Crippen LogP contribution in [-0.4, -0.2) is 18.4 Å². The van der Waals surface area contributed by atoms with Crippen LogP contribution in [-0.2, 0) is 14.3 Å². The zero-order valence-corrected chi connectivity index (χ0v) is 9.25. The Morgan fingerprint density at radius 2 is 2.20 bits per heavy atom. The number of allylic oxidation sites excluding steroid dienone is 2. The van der Waals surface area contributed by atoms with Gasteiger partial charge in [0.1, 0.15) is 0 Å². The summed E-state index contributed by atoms with van der Waals surface area (Å²) in [5.74, 6) is 0.0920. The molecule has 0 amide bonds. The Kier molecular flexibility index (Phi) is 5.08. The third-order valence-electron chi connectivity index (χ3n) is 2.50. The molecule has 1 aliphatic rings. The van der Waals surface area contributed by atoms with Crippen molar-refractivity contribution in [2.75, 3.05) is 6.61 Å². The average molecular weight is 210 g/mol. The highest BCUT2D eigenvalue weighted by Gasteiger charge is 2.15. The molecule has 15 heavy (non-hydrogen) atoms. The van der Waals surface area contributed by atoms with Crippen molar-refractivity contribution in [1.29, 1.82) is 0 Å². The third kappa shape index (κ3) is 4.77. The van der Waals surface area contributed by atoms with Crippen molar-refractivity contribution >= 4 is 11.8 Å². The Hall–Kier alpha value is -1.12. The predicted octanol–water partition coefficient (Wildman–Crippen LogP) is 2.40. The molecule has 1 rings (SSSR count). The summed E-state index contributed by atoms with van der Waals surface area (Å²) in [6.07, 6.45) is 7.49. The van der Waals surface area contributed by atoms with Crippen LogP contribution < -0.4 is 0 Å². The van der Waals surface area contributed by atoms with E-state index in [1.54, 1.807) is 0 Å². The molecule has 1 aliphatic carbocycles. The summed E-state index contributed by atoms with van der Waals surface area (Å²) in [4.78, 5) is 21.7. The molecule has 0 aromatic carbocycles. The molecule has 0 unspecified atom stereocenters. The quantitative estimate of drug-likeness (QED) is 0.397. The minimum absolute atomic E-state index is 0.223. The van der Waals surface area contributed by atoms with Gasteiger partial charge in [0, 0.05) is 13.3 Å². The van der Waals surface area contributed by atoms with Crippen LogP contribution in [0, 0.1) is 0 Å². The zero-order chi connectivity index (χ0) is 11.1. The average Bonchev–Trinajstić information content (AvgIpc) is 2.57. The van der Waals surface area contributed by atoms with Crippen molar-refractivity contribution < 1.29 is 14.3 Å². The first-order valence-electron chi connectivity index (χ1n) is 5.56. The molecule has 0 aromatic heterocycles. The molecule has 0 atom stereocenters. The molecule has 0 aromatic rings. The highest BCUT2D eigenvalue weighted by Crippen LogP contribution is 2.20. The number of hydrogen-bond acceptors (Lipinski definition) is 3. The van der Waals surface area contributed by atoms with Gasteiger partial charge in [0.05, 0.1) is 6.61 Å². The number of carbonyl (C=O) groups excluding carboxylic acids is 2. The highest BCUT2D eigenvalue weighted by molar-refractivity contribution is 5.97. The summed E-state index contributed by atoms with van der Waals surface area (Å²) in [5, 5.41) is 0. The number of unbranched alkanes of at least 4 members (excludes halogenated alkanes) is 2. The Labute approximate surface area is 90.5 Å². The summed E-state index contributed by atoms with van der Waals surface area (Å²) in [7, 11) is 0. The van der Waals surface area contributed by atoms with Crippen molar-refractivity contribution in [1.82, 2.24) is 0 Å². The van der Waals surface area contributed by atoms with Crippen LogP contribution in [0.15, 0.2) is 11.6 Å². The molecule has 84 valence electrons. The molecule has 0 spiro atoms. The second-order valence-corrected chi connectivity index (χ2v) is 3.84.